The van der Waals surface area contributed by atoms with Crippen LogP contribution in [0, 0.1) is 0 Å². The Morgan fingerprint density at radius 1 is 1.31 bits per heavy atom. The van der Waals surface area contributed by atoms with E-state index in [-0.39, 0.29) is 5.43 Å². The smallest absolute Gasteiger partial charge is 0.185 e. The molecule has 13 heavy (non-hydrogen) atoms. The van der Waals surface area contributed by atoms with Crippen molar-refractivity contribution in [3.05, 3.63) is 33.7 Å². The molecule has 0 unspecified atom stereocenters. The highest BCUT2D eigenvalue weighted by atomic mass is 16.1. The summed E-state index contributed by atoms with van der Waals surface area (Å²) in [4.78, 5) is 14.8. The molecule has 2 heteroatoms. The highest BCUT2D eigenvalue weighted by molar-refractivity contribution is 5.28. The van der Waals surface area contributed by atoms with Crippen LogP contribution >= 0.6 is 0 Å². The van der Waals surface area contributed by atoms with E-state index in [0.717, 1.165) is 17.7 Å². The average molecular weight is 177 g/mol. The summed E-state index contributed by atoms with van der Waals surface area (Å²) in [5, 5.41) is 0. The fraction of sp³-hybridized carbons (Fsp3) is 0.545. The van der Waals surface area contributed by atoms with Gasteiger partial charge in [-0.25, -0.2) is 0 Å². The van der Waals surface area contributed by atoms with Gasteiger partial charge in [-0.1, -0.05) is 13.8 Å². The van der Waals surface area contributed by atoms with Crippen LogP contribution in [0.15, 0.2) is 17.1 Å². The summed E-state index contributed by atoms with van der Waals surface area (Å²) in [5.41, 5.74) is 2.38. The predicted molar refractivity (Wildman–Crippen MR) is 53.1 cm³/mol. The number of pyridine rings is 1. The van der Waals surface area contributed by atoms with Crippen LogP contribution in [-0.4, -0.2) is 4.98 Å². The minimum absolute atomic E-state index is 0.202. The Morgan fingerprint density at radius 3 is 2.69 bits per heavy atom. The maximum atomic E-state index is 11.6. The lowest BCUT2D eigenvalue weighted by atomic mass is 9.81. The van der Waals surface area contributed by atoms with Crippen molar-refractivity contribution in [2.75, 3.05) is 0 Å². The summed E-state index contributed by atoms with van der Waals surface area (Å²) in [7, 11) is 0. The van der Waals surface area contributed by atoms with Crippen LogP contribution in [-0.2, 0) is 0 Å². The molecule has 0 amide bonds. The number of fused-ring (bicyclic) bond motifs is 1. The highest BCUT2D eigenvalue weighted by Crippen LogP contribution is 2.34. The third kappa shape index (κ3) is 1.30. The standard InChI is InChI=1S/C11H15NO/c1-7-3-4-8(2)11-10(7)9(13)5-6-12-11/h5-8H,3-4H2,1-2H3,(H,12,13)/t7-,8-/m1/s1. The molecule has 0 bridgehead atoms. The predicted octanol–water partition coefficient (Wildman–Crippen LogP) is 2.38. The first-order chi connectivity index (χ1) is 6.20. The topological polar surface area (TPSA) is 32.9 Å². The summed E-state index contributed by atoms with van der Waals surface area (Å²) in [5.74, 6) is 0.941. The molecular formula is C11H15NO. The number of nitrogens with one attached hydrogen (secondary N) is 1. The van der Waals surface area contributed by atoms with Crippen molar-refractivity contribution in [3.8, 4) is 0 Å². The van der Waals surface area contributed by atoms with Crippen molar-refractivity contribution in [2.45, 2.75) is 38.5 Å². The molecule has 1 aliphatic rings. The molecule has 2 nitrogen and oxygen atoms in total. The Balaban J connectivity index is 2.63. The third-order valence-corrected chi connectivity index (χ3v) is 3.05. The molecule has 0 saturated heterocycles. The summed E-state index contributed by atoms with van der Waals surface area (Å²) >= 11 is 0. The molecule has 0 fully saturated rings. The summed E-state index contributed by atoms with van der Waals surface area (Å²) in [6.45, 7) is 4.32. The van der Waals surface area contributed by atoms with Gasteiger partial charge in [0, 0.05) is 23.5 Å². The van der Waals surface area contributed by atoms with E-state index >= 15 is 0 Å². The van der Waals surface area contributed by atoms with Crippen LogP contribution in [0.1, 0.15) is 49.8 Å². The molecular weight excluding hydrogens is 162 g/mol. The van der Waals surface area contributed by atoms with Gasteiger partial charge in [0.25, 0.3) is 0 Å². The number of H-pyrrole nitrogens is 1. The lowest BCUT2D eigenvalue weighted by Gasteiger charge is -2.25. The average Bonchev–Trinajstić information content (AvgIpc) is 2.12. The van der Waals surface area contributed by atoms with E-state index in [4.69, 9.17) is 0 Å². The minimum atomic E-state index is 0.202. The number of aromatic amines is 1. The van der Waals surface area contributed by atoms with Crippen LogP contribution < -0.4 is 5.43 Å². The van der Waals surface area contributed by atoms with Crippen molar-refractivity contribution in [1.29, 1.82) is 0 Å². The van der Waals surface area contributed by atoms with Crippen molar-refractivity contribution >= 4 is 0 Å². The fourth-order valence-corrected chi connectivity index (χ4v) is 2.21. The Kier molecular flexibility index (Phi) is 1.98. The minimum Gasteiger partial charge on any atom is -0.364 e. The van der Waals surface area contributed by atoms with Gasteiger partial charge in [0.2, 0.25) is 0 Å². The number of aromatic nitrogens is 1. The second-order valence-electron chi connectivity index (χ2n) is 4.05. The molecule has 1 aromatic rings. The summed E-state index contributed by atoms with van der Waals surface area (Å²) < 4.78 is 0. The zero-order valence-corrected chi connectivity index (χ0v) is 8.13. The number of hydrogen-bond acceptors (Lipinski definition) is 1. The van der Waals surface area contributed by atoms with E-state index in [9.17, 15) is 4.79 Å². The molecule has 2 rings (SSSR count). The van der Waals surface area contributed by atoms with Gasteiger partial charge in [0.05, 0.1) is 0 Å². The van der Waals surface area contributed by atoms with E-state index in [0.29, 0.717) is 11.8 Å². The largest absolute Gasteiger partial charge is 0.364 e. The molecule has 0 aliphatic heterocycles. The lowest BCUT2D eigenvalue weighted by molar-refractivity contribution is 0.512. The quantitative estimate of drug-likeness (QED) is 0.648. The molecule has 0 aromatic carbocycles. The first-order valence-corrected chi connectivity index (χ1v) is 4.91. The van der Waals surface area contributed by atoms with E-state index < -0.39 is 0 Å². The molecule has 1 N–H and O–H groups in total. The van der Waals surface area contributed by atoms with Gasteiger partial charge in [0.1, 0.15) is 0 Å². The summed E-state index contributed by atoms with van der Waals surface area (Å²) in [6.07, 6.45) is 4.09. The van der Waals surface area contributed by atoms with Gasteiger partial charge < -0.3 is 4.98 Å². The molecule has 2 atom stereocenters. The van der Waals surface area contributed by atoms with Crippen LogP contribution in [0.2, 0.25) is 0 Å². The maximum Gasteiger partial charge on any atom is 0.185 e. The SMILES string of the molecule is C[C@@H]1CC[C@@H](C)c2c1[nH]ccc2=O. The van der Waals surface area contributed by atoms with E-state index in [1.54, 1.807) is 12.3 Å². The van der Waals surface area contributed by atoms with Crippen LogP contribution in [0.5, 0.6) is 0 Å². The van der Waals surface area contributed by atoms with Gasteiger partial charge in [-0.2, -0.15) is 0 Å². The van der Waals surface area contributed by atoms with Crippen LogP contribution in [0.4, 0.5) is 0 Å². The van der Waals surface area contributed by atoms with E-state index in [1.807, 2.05) is 0 Å². The van der Waals surface area contributed by atoms with Gasteiger partial charge in [-0.3, -0.25) is 4.79 Å². The second kappa shape index (κ2) is 3.02. The monoisotopic (exact) mass is 177 g/mol. The summed E-state index contributed by atoms with van der Waals surface area (Å²) in [6, 6.07) is 1.63. The zero-order chi connectivity index (χ0) is 9.42. The number of rotatable bonds is 0. The van der Waals surface area contributed by atoms with Gasteiger partial charge >= 0.3 is 0 Å². The molecule has 1 heterocycles. The van der Waals surface area contributed by atoms with Gasteiger partial charge in [0.15, 0.2) is 5.43 Å². The second-order valence-corrected chi connectivity index (χ2v) is 4.05. The van der Waals surface area contributed by atoms with E-state index in [2.05, 4.69) is 18.8 Å². The first kappa shape index (κ1) is 8.54. The Labute approximate surface area is 78.0 Å². The van der Waals surface area contributed by atoms with Crippen molar-refractivity contribution < 1.29 is 0 Å². The Morgan fingerprint density at radius 2 is 2.00 bits per heavy atom. The lowest BCUT2D eigenvalue weighted by Crippen LogP contribution is -2.21. The highest BCUT2D eigenvalue weighted by Gasteiger charge is 2.23. The molecule has 70 valence electrons. The van der Waals surface area contributed by atoms with Crippen LogP contribution in [0.3, 0.4) is 0 Å². The molecule has 1 aliphatic carbocycles. The Hall–Kier alpha value is -1.05. The van der Waals surface area contributed by atoms with Crippen molar-refractivity contribution in [2.24, 2.45) is 0 Å². The molecule has 0 radical (unpaired) electrons. The first-order valence-electron chi connectivity index (χ1n) is 4.91. The Bertz CT molecular complexity index is 367. The van der Waals surface area contributed by atoms with Crippen molar-refractivity contribution in [1.82, 2.24) is 4.98 Å². The zero-order valence-electron chi connectivity index (χ0n) is 8.13. The normalized spacial score (nSPS) is 26.9. The number of hydrogen-bond donors (Lipinski definition) is 1. The molecule has 1 aromatic heterocycles. The van der Waals surface area contributed by atoms with Crippen LogP contribution in [0.25, 0.3) is 0 Å². The van der Waals surface area contributed by atoms with Crippen molar-refractivity contribution in [3.63, 3.8) is 0 Å². The van der Waals surface area contributed by atoms with Gasteiger partial charge in [-0.15, -0.1) is 0 Å². The van der Waals surface area contributed by atoms with Gasteiger partial charge in [-0.05, 0) is 24.7 Å². The molecule has 0 spiro atoms. The maximum absolute atomic E-state index is 11.6. The van der Waals surface area contributed by atoms with E-state index in [1.165, 1.54) is 6.42 Å². The third-order valence-electron chi connectivity index (χ3n) is 3.05. The fourth-order valence-electron chi connectivity index (χ4n) is 2.21. The molecule has 0 saturated carbocycles.